The number of amides is 1. The summed E-state index contributed by atoms with van der Waals surface area (Å²) in [6.45, 7) is 8.59. The van der Waals surface area contributed by atoms with Crippen molar-refractivity contribution in [2.24, 2.45) is 0 Å². The highest BCUT2D eigenvalue weighted by Gasteiger charge is 2.34. The molecule has 1 saturated heterocycles. The third-order valence-corrected chi connectivity index (χ3v) is 6.82. The Kier molecular flexibility index (Phi) is 6.58. The van der Waals surface area contributed by atoms with Gasteiger partial charge in [0.15, 0.2) is 0 Å². The van der Waals surface area contributed by atoms with E-state index in [4.69, 9.17) is 9.72 Å². The van der Waals surface area contributed by atoms with Gasteiger partial charge >= 0.3 is 0 Å². The van der Waals surface area contributed by atoms with Gasteiger partial charge in [-0.05, 0) is 60.7 Å². The summed E-state index contributed by atoms with van der Waals surface area (Å²) in [7, 11) is 0. The Morgan fingerprint density at radius 3 is 2.60 bits per heavy atom. The lowest BCUT2D eigenvalue weighted by atomic mass is 10.0. The van der Waals surface area contributed by atoms with Crippen LogP contribution in [0, 0.1) is 6.92 Å². The molecule has 1 aliphatic rings. The molecule has 5 heteroatoms. The fourth-order valence-corrected chi connectivity index (χ4v) is 5.03. The maximum Gasteiger partial charge on any atom is 0.227 e. The molecule has 0 bridgehead atoms. The number of aromatic nitrogens is 2. The van der Waals surface area contributed by atoms with Crippen molar-refractivity contribution in [3.8, 4) is 5.75 Å². The molecule has 180 valence electrons. The summed E-state index contributed by atoms with van der Waals surface area (Å²) in [5.74, 6) is 2.62. The summed E-state index contributed by atoms with van der Waals surface area (Å²) in [5.41, 5.74) is 5.51. The zero-order chi connectivity index (χ0) is 24.4. The number of rotatable bonds is 8. The van der Waals surface area contributed by atoms with Crippen LogP contribution in [0.1, 0.15) is 55.5 Å². The Hall–Kier alpha value is -3.60. The molecule has 0 N–H and O–H groups in total. The quantitative estimate of drug-likeness (QED) is 0.280. The highest BCUT2D eigenvalue weighted by molar-refractivity contribution is 5.96. The minimum absolute atomic E-state index is 0.0698. The molecule has 2 heterocycles. The van der Waals surface area contributed by atoms with Crippen LogP contribution in [0.2, 0.25) is 0 Å². The fraction of sp³-hybridized carbons (Fsp3) is 0.333. The van der Waals surface area contributed by atoms with Gasteiger partial charge in [0.1, 0.15) is 11.6 Å². The first kappa shape index (κ1) is 23.2. The van der Waals surface area contributed by atoms with Gasteiger partial charge in [-0.15, -0.1) is 0 Å². The zero-order valence-corrected chi connectivity index (χ0v) is 20.8. The highest BCUT2D eigenvalue weighted by Crippen LogP contribution is 2.33. The number of fused-ring (bicyclic) bond motifs is 1. The molecule has 5 rings (SSSR count). The molecule has 1 unspecified atom stereocenters. The van der Waals surface area contributed by atoms with E-state index in [9.17, 15) is 4.79 Å². The molecule has 0 aliphatic carbocycles. The first-order valence-corrected chi connectivity index (χ1v) is 12.5. The van der Waals surface area contributed by atoms with Crippen LogP contribution in [0.15, 0.2) is 72.8 Å². The summed E-state index contributed by atoms with van der Waals surface area (Å²) in [4.78, 5) is 19.8. The monoisotopic (exact) mass is 467 g/mol. The lowest BCUT2D eigenvalue weighted by Crippen LogP contribution is -2.24. The Balaban J connectivity index is 1.34. The van der Waals surface area contributed by atoms with Crippen LogP contribution in [0.4, 0.5) is 5.69 Å². The standard InChI is InChI=1S/C30H33N3O2/c1-21(2)25-15-14-22(3)18-28(25)35-17-9-16-32-27-13-8-7-12-26(27)31-30(32)23-19-29(34)33(20-23)24-10-5-4-6-11-24/h4-8,10-15,18,21,23H,9,16-17,19-20H2,1-3H3. The second kappa shape index (κ2) is 9.95. The van der Waals surface area contributed by atoms with Gasteiger partial charge in [0, 0.05) is 31.1 Å². The Morgan fingerprint density at radius 1 is 1.03 bits per heavy atom. The summed E-state index contributed by atoms with van der Waals surface area (Å²) in [6, 6.07) is 24.6. The number of hydrogen-bond acceptors (Lipinski definition) is 3. The molecule has 0 spiro atoms. The number of carbonyl (C=O) groups is 1. The molecule has 1 atom stereocenters. The maximum absolute atomic E-state index is 12.9. The predicted molar refractivity (Wildman–Crippen MR) is 141 cm³/mol. The SMILES string of the molecule is Cc1ccc(C(C)C)c(OCCCn2c(C3CC(=O)N(c4ccccc4)C3)nc3ccccc32)c1. The smallest absolute Gasteiger partial charge is 0.227 e. The molecule has 1 fully saturated rings. The van der Waals surface area contributed by atoms with E-state index < -0.39 is 0 Å². The van der Waals surface area contributed by atoms with Crippen molar-refractivity contribution in [1.82, 2.24) is 9.55 Å². The number of aryl methyl sites for hydroxylation is 2. The van der Waals surface area contributed by atoms with Gasteiger partial charge in [-0.25, -0.2) is 4.98 Å². The molecular weight excluding hydrogens is 434 g/mol. The van der Waals surface area contributed by atoms with Crippen molar-refractivity contribution in [2.75, 3.05) is 18.1 Å². The van der Waals surface area contributed by atoms with Gasteiger partial charge in [0.05, 0.1) is 17.6 Å². The van der Waals surface area contributed by atoms with Crippen molar-refractivity contribution >= 4 is 22.6 Å². The second-order valence-corrected chi connectivity index (χ2v) is 9.75. The van der Waals surface area contributed by atoms with Crippen LogP contribution in [0.3, 0.4) is 0 Å². The summed E-state index contributed by atoms with van der Waals surface area (Å²) >= 11 is 0. The molecular formula is C30H33N3O2. The molecule has 35 heavy (non-hydrogen) atoms. The lowest BCUT2D eigenvalue weighted by Gasteiger charge is -2.18. The molecule has 3 aromatic carbocycles. The summed E-state index contributed by atoms with van der Waals surface area (Å²) in [6.07, 6.45) is 1.34. The molecule has 1 amide bonds. The number of ether oxygens (including phenoxy) is 1. The number of nitrogens with zero attached hydrogens (tertiary/aromatic N) is 3. The fourth-order valence-electron chi connectivity index (χ4n) is 5.03. The Bertz CT molecular complexity index is 1330. The van der Waals surface area contributed by atoms with Crippen LogP contribution in [0.25, 0.3) is 11.0 Å². The van der Waals surface area contributed by atoms with E-state index in [0.717, 1.165) is 41.3 Å². The largest absolute Gasteiger partial charge is 0.493 e. The maximum atomic E-state index is 12.9. The number of imidazole rings is 1. The van der Waals surface area contributed by atoms with E-state index in [1.807, 2.05) is 41.3 Å². The van der Waals surface area contributed by atoms with Crippen molar-refractivity contribution in [3.05, 3.63) is 89.7 Å². The molecule has 0 saturated carbocycles. The number of hydrogen-bond donors (Lipinski definition) is 0. The van der Waals surface area contributed by atoms with E-state index in [1.54, 1.807) is 0 Å². The summed E-state index contributed by atoms with van der Waals surface area (Å²) < 4.78 is 8.55. The number of anilines is 1. The van der Waals surface area contributed by atoms with E-state index >= 15 is 0 Å². The molecule has 1 aromatic heterocycles. The van der Waals surface area contributed by atoms with Crippen molar-refractivity contribution < 1.29 is 9.53 Å². The number of carbonyl (C=O) groups excluding carboxylic acids is 1. The van der Waals surface area contributed by atoms with Crippen molar-refractivity contribution in [3.63, 3.8) is 0 Å². The topological polar surface area (TPSA) is 47.4 Å². The van der Waals surface area contributed by atoms with Gasteiger partial charge in [-0.3, -0.25) is 4.79 Å². The van der Waals surface area contributed by atoms with Crippen molar-refractivity contribution in [1.29, 1.82) is 0 Å². The zero-order valence-electron chi connectivity index (χ0n) is 20.8. The molecule has 1 aliphatic heterocycles. The average molecular weight is 468 g/mol. The molecule has 5 nitrogen and oxygen atoms in total. The molecule has 4 aromatic rings. The second-order valence-electron chi connectivity index (χ2n) is 9.75. The third kappa shape index (κ3) is 4.81. The van der Waals surface area contributed by atoms with Crippen LogP contribution in [-0.4, -0.2) is 28.6 Å². The Morgan fingerprint density at radius 2 is 1.80 bits per heavy atom. The highest BCUT2D eigenvalue weighted by atomic mass is 16.5. The molecule has 0 radical (unpaired) electrons. The van der Waals surface area contributed by atoms with Gasteiger partial charge < -0.3 is 14.2 Å². The van der Waals surface area contributed by atoms with Crippen molar-refractivity contribution in [2.45, 2.75) is 52.0 Å². The minimum Gasteiger partial charge on any atom is -0.493 e. The van der Waals surface area contributed by atoms with E-state index in [2.05, 4.69) is 61.7 Å². The summed E-state index contributed by atoms with van der Waals surface area (Å²) in [5, 5.41) is 0. The van der Waals surface area contributed by atoms with Gasteiger partial charge in [0.25, 0.3) is 0 Å². The lowest BCUT2D eigenvalue weighted by molar-refractivity contribution is -0.117. The van der Waals surface area contributed by atoms with Gasteiger partial charge in [0.2, 0.25) is 5.91 Å². The number of para-hydroxylation sites is 3. The normalized spacial score (nSPS) is 15.9. The predicted octanol–water partition coefficient (Wildman–Crippen LogP) is 6.46. The number of benzene rings is 3. The first-order valence-electron chi connectivity index (χ1n) is 12.5. The van der Waals surface area contributed by atoms with Gasteiger partial charge in [-0.1, -0.05) is 56.3 Å². The third-order valence-electron chi connectivity index (χ3n) is 6.82. The Labute approximate surface area is 207 Å². The van der Waals surface area contributed by atoms with E-state index in [-0.39, 0.29) is 11.8 Å². The van der Waals surface area contributed by atoms with E-state index in [0.29, 0.717) is 25.5 Å². The average Bonchev–Trinajstić information content (AvgIpc) is 3.42. The van der Waals surface area contributed by atoms with Crippen LogP contribution >= 0.6 is 0 Å². The van der Waals surface area contributed by atoms with Crippen LogP contribution < -0.4 is 9.64 Å². The first-order chi connectivity index (χ1) is 17.0. The van der Waals surface area contributed by atoms with Crippen LogP contribution in [0.5, 0.6) is 5.75 Å². The minimum atomic E-state index is 0.0698. The van der Waals surface area contributed by atoms with Crippen LogP contribution in [-0.2, 0) is 11.3 Å². The van der Waals surface area contributed by atoms with Gasteiger partial charge in [-0.2, -0.15) is 0 Å². The van der Waals surface area contributed by atoms with E-state index in [1.165, 1.54) is 11.1 Å².